The molecule has 0 spiro atoms. The molecule has 3 rings (SSSR count). The normalized spacial score (nSPS) is 11.7. The highest BCUT2D eigenvalue weighted by molar-refractivity contribution is 8.00. The van der Waals surface area contributed by atoms with Crippen molar-refractivity contribution in [2.75, 3.05) is 5.32 Å². The van der Waals surface area contributed by atoms with Crippen molar-refractivity contribution in [1.82, 2.24) is 4.98 Å². The zero-order valence-corrected chi connectivity index (χ0v) is 13.2. The van der Waals surface area contributed by atoms with Crippen LogP contribution in [0.2, 0.25) is 0 Å². The van der Waals surface area contributed by atoms with Crippen LogP contribution in [0, 0.1) is 6.92 Å². The first-order valence-corrected chi connectivity index (χ1v) is 7.67. The minimum Gasteiger partial charge on any atom is -0.441 e. The Morgan fingerprint density at radius 1 is 1.21 bits per heavy atom. The Labute approximate surface area is 139 Å². The number of alkyl halides is 3. The predicted octanol–water partition coefficient (Wildman–Crippen LogP) is 5.00. The maximum Gasteiger partial charge on any atom is 0.446 e. The first kappa shape index (κ1) is 16.4. The monoisotopic (exact) mass is 352 g/mol. The van der Waals surface area contributed by atoms with E-state index in [0.717, 1.165) is 0 Å². The van der Waals surface area contributed by atoms with Gasteiger partial charge in [-0.05, 0) is 42.1 Å². The molecule has 0 radical (unpaired) electrons. The van der Waals surface area contributed by atoms with Crippen LogP contribution in [0.5, 0.6) is 0 Å². The van der Waals surface area contributed by atoms with Gasteiger partial charge in [-0.1, -0.05) is 12.1 Å². The molecule has 0 saturated carbocycles. The van der Waals surface area contributed by atoms with Gasteiger partial charge in [-0.25, -0.2) is 4.98 Å². The number of nitrogens with one attached hydrogen (secondary N) is 1. The molecular formula is C16H11F3N2O2S. The molecule has 0 atom stereocenters. The fourth-order valence-electron chi connectivity index (χ4n) is 2.19. The van der Waals surface area contributed by atoms with E-state index >= 15 is 0 Å². The van der Waals surface area contributed by atoms with E-state index in [1.54, 1.807) is 25.1 Å². The number of aryl methyl sites for hydroxylation is 1. The number of oxazole rings is 1. The molecule has 3 aromatic rings. The zero-order chi connectivity index (χ0) is 17.3. The quantitative estimate of drug-likeness (QED) is 0.674. The van der Waals surface area contributed by atoms with Gasteiger partial charge in [0, 0.05) is 17.5 Å². The minimum atomic E-state index is -4.46. The number of nitrogens with zero attached hydrogens (tertiary/aromatic N) is 1. The molecule has 8 heteroatoms. The second-order valence-corrected chi connectivity index (χ2v) is 6.02. The maximum atomic E-state index is 12.6. The average molecular weight is 352 g/mol. The summed E-state index contributed by atoms with van der Waals surface area (Å²) < 4.78 is 43.1. The highest BCUT2D eigenvalue weighted by Gasteiger charge is 2.31. The number of thioether (sulfide) groups is 1. The molecule has 124 valence electrons. The number of hydrogen-bond acceptors (Lipinski definition) is 4. The van der Waals surface area contributed by atoms with Crippen LogP contribution in [0.15, 0.2) is 51.8 Å². The minimum absolute atomic E-state index is 0.0451. The summed E-state index contributed by atoms with van der Waals surface area (Å²) in [6.45, 7) is 1.70. The molecule has 2 aromatic carbocycles. The van der Waals surface area contributed by atoms with Gasteiger partial charge in [0.15, 0.2) is 11.5 Å². The van der Waals surface area contributed by atoms with E-state index in [2.05, 4.69) is 10.3 Å². The lowest BCUT2D eigenvalue weighted by Crippen LogP contribution is -2.14. The molecule has 0 unspecified atom stereocenters. The first-order valence-electron chi connectivity index (χ1n) is 6.85. The van der Waals surface area contributed by atoms with E-state index in [9.17, 15) is 18.0 Å². The van der Waals surface area contributed by atoms with Crippen molar-refractivity contribution in [3.63, 3.8) is 0 Å². The smallest absolute Gasteiger partial charge is 0.441 e. The summed E-state index contributed by atoms with van der Waals surface area (Å²) in [5.74, 6) is -0.137. The summed E-state index contributed by atoms with van der Waals surface area (Å²) in [7, 11) is 0. The maximum absolute atomic E-state index is 12.6. The predicted molar refractivity (Wildman–Crippen MR) is 85.1 cm³/mol. The number of amides is 1. The van der Waals surface area contributed by atoms with Crippen molar-refractivity contribution in [3.8, 4) is 0 Å². The van der Waals surface area contributed by atoms with Gasteiger partial charge in [0.25, 0.3) is 5.91 Å². The molecule has 0 aliphatic carbocycles. The molecule has 0 saturated heterocycles. The van der Waals surface area contributed by atoms with E-state index in [4.69, 9.17) is 4.42 Å². The van der Waals surface area contributed by atoms with Gasteiger partial charge >= 0.3 is 5.51 Å². The third-order valence-electron chi connectivity index (χ3n) is 3.11. The number of hydrogen-bond donors (Lipinski definition) is 1. The van der Waals surface area contributed by atoms with Crippen LogP contribution in [-0.2, 0) is 0 Å². The fourth-order valence-corrected chi connectivity index (χ4v) is 2.85. The molecule has 1 N–H and O–H groups in total. The van der Waals surface area contributed by atoms with E-state index in [0.29, 0.717) is 22.7 Å². The van der Waals surface area contributed by atoms with Crippen LogP contribution in [0.3, 0.4) is 0 Å². The van der Waals surface area contributed by atoms with Crippen molar-refractivity contribution >= 4 is 34.5 Å². The van der Waals surface area contributed by atoms with Crippen molar-refractivity contribution in [2.24, 2.45) is 0 Å². The number of fused-ring (bicyclic) bond motifs is 1. The molecule has 1 aromatic heterocycles. The van der Waals surface area contributed by atoms with Crippen molar-refractivity contribution < 1.29 is 22.4 Å². The van der Waals surface area contributed by atoms with Crippen LogP contribution >= 0.6 is 11.8 Å². The Kier molecular flexibility index (Phi) is 4.23. The number of carbonyl (C=O) groups excluding carboxylic acids is 1. The Balaban J connectivity index is 1.86. The van der Waals surface area contributed by atoms with Crippen LogP contribution in [0.4, 0.5) is 18.9 Å². The largest absolute Gasteiger partial charge is 0.446 e. The van der Waals surface area contributed by atoms with E-state index in [1.165, 1.54) is 24.3 Å². The lowest BCUT2D eigenvalue weighted by atomic mass is 10.2. The van der Waals surface area contributed by atoms with E-state index in [-0.39, 0.29) is 22.2 Å². The van der Waals surface area contributed by atoms with Crippen LogP contribution < -0.4 is 5.32 Å². The SMILES string of the molecule is Cc1nc2cc(NC(=O)c3ccccc3SC(F)(F)F)ccc2o1. The third-order valence-corrected chi connectivity index (χ3v) is 3.92. The summed E-state index contributed by atoms with van der Waals surface area (Å²) >= 11 is -0.316. The van der Waals surface area contributed by atoms with Gasteiger partial charge in [0.1, 0.15) is 5.52 Å². The number of carbonyl (C=O) groups is 1. The first-order chi connectivity index (χ1) is 11.3. The highest BCUT2D eigenvalue weighted by atomic mass is 32.2. The standard InChI is InChI=1S/C16H11F3N2O2S/c1-9-20-12-8-10(6-7-13(12)23-9)21-15(22)11-4-2-3-5-14(11)24-16(17,18)19/h2-8H,1H3,(H,21,22). The van der Waals surface area contributed by atoms with E-state index < -0.39 is 11.4 Å². The second-order valence-electron chi connectivity index (χ2n) is 4.91. The molecule has 1 amide bonds. The number of halogens is 3. The molecule has 1 heterocycles. The zero-order valence-electron chi connectivity index (χ0n) is 12.3. The fraction of sp³-hybridized carbons (Fsp3) is 0.125. The van der Waals surface area contributed by atoms with Gasteiger partial charge in [-0.3, -0.25) is 4.79 Å². The number of benzene rings is 2. The summed E-state index contributed by atoms with van der Waals surface area (Å²) in [4.78, 5) is 16.3. The lowest BCUT2D eigenvalue weighted by Gasteiger charge is -2.11. The number of rotatable bonds is 3. The van der Waals surface area contributed by atoms with Crippen LogP contribution in [0.25, 0.3) is 11.1 Å². The summed E-state index contributed by atoms with van der Waals surface area (Å²) in [5.41, 5.74) is -2.96. The topological polar surface area (TPSA) is 55.1 Å². The van der Waals surface area contributed by atoms with Crippen LogP contribution in [-0.4, -0.2) is 16.4 Å². The molecule has 0 bridgehead atoms. The average Bonchev–Trinajstić information content (AvgIpc) is 2.85. The Hall–Kier alpha value is -2.48. The lowest BCUT2D eigenvalue weighted by molar-refractivity contribution is -0.0328. The summed E-state index contributed by atoms with van der Waals surface area (Å²) in [6.07, 6.45) is 0. The van der Waals surface area contributed by atoms with Gasteiger partial charge in [-0.2, -0.15) is 13.2 Å². The Morgan fingerprint density at radius 3 is 2.71 bits per heavy atom. The molecule has 4 nitrogen and oxygen atoms in total. The van der Waals surface area contributed by atoms with Crippen LogP contribution in [0.1, 0.15) is 16.2 Å². The van der Waals surface area contributed by atoms with Gasteiger partial charge in [0.2, 0.25) is 0 Å². The molecule has 0 fully saturated rings. The summed E-state index contributed by atoms with van der Waals surface area (Å²) in [5, 5.41) is 2.58. The van der Waals surface area contributed by atoms with Crippen molar-refractivity contribution in [1.29, 1.82) is 0 Å². The summed E-state index contributed by atoms with van der Waals surface area (Å²) in [6, 6.07) is 10.4. The highest BCUT2D eigenvalue weighted by Crippen LogP contribution is 2.38. The molecule has 24 heavy (non-hydrogen) atoms. The van der Waals surface area contributed by atoms with Gasteiger partial charge < -0.3 is 9.73 Å². The van der Waals surface area contributed by atoms with E-state index in [1.807, 2.05) is 0 Å². The van der Waals surface area contributed by atoms with Gasteiger partial charge in [-0.15, -0.1) is 0 Å². The second kappa shape index (κ2) is 6.20. The molecule has 0 aliphatic heterocycles. The van der Waals surface area contributed by atoms with Crippen molar-refractivity contribution in [2.45, 2.75) is 17.3 Å². The Morgan fingerprint density at radius 2 is 1.96 bits per heavy atom. The molecule has 0 aliphatic rings. The number of anilines is 1. The Bertz CT molecular complexity index is 906. The van der Waals surface area contributed by atoms with Gasteiger partial charge in [0.05, 0.1) is 5.56 Å². The van der Waals surface area contributed by atoms with Crippen molar-refractivity contribution in [3.05, 3.63) is 53.9 Å². The number of aromatic nitrogens is 1. The molecular weight excluding hydrogens is 341 g/mol. The third kappa shape index (κ3) is 3.70.